The predicted octanol–water partition coefficient (Wildman–Crippen LogP) is 3.47. The highest BCUT2D eigenvalue weighted by molar-refractivity contribution is 5.86. The number of hydrogen-bond donors (Lipinski definition) is 0. The topological polar surface area (TPSA) is 45.4 Å². The highest BCUT2D eigenvalue weighted by Gasteiger charge is 2.18. The van der Waals surface area contributed by atoms with Gasteiger partial charge in [0.25, 0.3) is 5.52 Å². The van der Waals surface area contributed by atoms with Gasteiger partial charge in [0, 0.05) is 11.6 Å². The van der Waals surface area contributed by atoms with Crippen LogP contribution in [0.3, 0.4) is 0 Å². The molecule has 0 atom stereocenters. The summed E-state index contributed by atoms with van der Waals surface area (Å²) in [6.45, 7) is 1.98. The Hall–Kier alpha value is -2.75. The van der Waals surface area contributed by atoms with E-state index in [4.69, 9.17) is 9.47 Å². The van der Waals surface area contributed by atoms with E-state index in [1.165, 1.54) is 0 Å². The Labute approximate surface area is 129 Å². The second-order valence-electron chi connectivity index (χ2n) is 5.09. The number of aromatic nitrogens is 1. The molecule has 4 heteroatoms. The number of fused-ring (bicyclic) bond motifs is 1. The Morgan fingerprint density at radius 2 is 1.59 bits per heavy atom. The zero-order valence-corrected chi connectivity index (χ0v) is 12.8. The van der Waals surface area contributed by atoms with Gasteiger partial charge in [-0.05, 0) is 48.9 Å². The van der Waals surface area contributed by atoms with Crippen LogP contribution in [0.4, 0.5) is 0 Å². The summed E-state index contributed by atoms with van der Waals surface area (Å²) in [5.74, 6) is 1.33. The lowest BCUT2D eigenvalue weighted by Gasteiger charge is -2.12. The first-order chi connectivity index (χ1) is 10.7. The second-order valence-corrected chi connectivity index (χ2v) is 5.09. The van der Waals surface area contributed by atoms with Crippen LogP contribution in [0.1, 0.15) is 5.56 Å². The third kappa shape index (κ3) is 2.22. The maximum absolute atomic E-state index is 12.8. The Morgan fingerprint density at radius 1 is 0.864 bits per heavy atom. The average Bonchev–Trinajstić information content (AvgIpc) is 2.56. The van der Waals surface area contributed by atoms with E-state index in [0.717, 1.165) is 27.0 Å². The maximum atomic E-state index is 12.8. The number of ether oxygens (including phenoxy) is 2. The Morgan fingerprint density at radius 3 is 2.23 bits per heavy atom. The monoisotopic (exact) mass is 295 g/mol. The highest BCUT2D eigenvalue weighted by atomic mass is 16.5. The summed E-state index contributed by atoms with van der Waals surface area (Å²) in [5.41, 5.74) is 3.01. The molecule has 0 fully saturated rings. The molecule has 2 aromatic carbocycles. The third-order valence-electron chi connectivity index (χ3n) is 3.83. The van der Waals surface area contributed by atoms with Gasteiger partial charge in [0.05, 0.1) is 19.6 Å². The molecular formula is C18H17NO3. The molecule has 1 aromatic heterocycles. The molecule has 0 saturated carbocycles. The minimum atomic E-state index is 0.552. The summed E-state index contributed by atoms with van der Waals surface area (Å²) in [5, 5.41) is 13.7. The SMILES string of the molecule is COc1ccc(-c2ccc3c(C)ccc(OC)c3[n+]2[O-])cc1. The molecule has 0 unspecified atom stereocenters. The minimum Gasteiger partial charge on any atom is -0.618 e. The van der Waals surface area contributed by atoms with Gasteiger partial charge in [-0.3, -0.25) is 0 Å². The zero-order valence-electron chi connectivity index (χ0n) is 12.8. The van der Waals surface area contributed by atoms with Gasteiger partial charge in [-0.2, -0.15) is 4.73 Å². The van der Waals surface area contributed by atoms with Crippen LogP contribution in [0.5, 0.6) is 11.5 Å². The van der Waals surface area contributed by atoms with Crippen molar-refractivity contribution in [1.29, 1.82) is 0 Å². The van der Waals surface area contributed by atoms with Crippen LogP contribution in [0, 0.1) is 12.1 Å². The van der Waals surface area contributed by atoms with Gasteiger partial charge in [-0.1, -0.05) is 6.07 Å². The van der Waals surface area contributed by atoms with E-state index in [1.54, 1.807) is 14.2 Å². The first kappa shape index (κ1) is 14.2. The van der Waals surface area contributed by atoms with Crippen molar-refractivity contribution in [3.63, 3.8) is 0 Å². The highest BCUT2D eigenvalue weighted by Crippen LogP contribution is 2.28. The first-order valence-electron chi connectivity index (χ1n) is 7.00. The molecule has 0 bridgehead atoms. The van der Waals surface area contributed by atoms with Crippen LogP contribution < -0.4 is 14.2 Å². The smallest absolute Gasteiger partial charge is 0.266 e. The molecule has 0 spiro atoms. The molecule has 112 valence electrons. The normalized spacial score (nSPS) is 10.7. The van der Waals surface area contributed by atoms with E-state index < -0.39 is 0 Å². The first-order valence-corrected chi connectivity index (χ1v) is 7.00. The van der Waals surface area contributed by atoms with Crippen molar-refractivity contribution in [1.82, 2.24) is 0 Å². The van der Waals surface area contributed by atoms with Crippen molar-refractivity contribution in [2.24, 2.45) is 0 Å². The van der Waals surface area contributed by atoms with E-state index in [1.807, 2.05) is 55.5 Å². The van der Waals surface area contributed by atoms with Crippen molar-refractivity contribution in [2.75, 3.05) is 14.2 Å². The number of pyridine rings is 1. The molecule has 0 aliphatic carbocycles. The molecular weight excluding hydrogens is 278 g/mol. The molecule has 0 aliphatic heterocycles. The molecule has 4 nitrogen and oxygen atoms in total. The fraction of sp³-hybridized carbons (Fsp3) is 0.167. The summed E-state index contributed by atoms with van der Waals surface area (Å²) in [6, 6.07) is 15.0. The molecule has 0 aliphatic rings. The van der Waals surface area contributed by atoms with Gasteiger partial charge >= 0.3 is 0 Å². The average molecular weight is 295 g/mol. The van der Waals surface area contributed by atoms with Gasteiger partial charge in [0.1, 0.15) is 5.75 Å². The molecule has 3 aromatic rings. The van der Waals surface area contributed by atoms with Crippen LogP contribution in [-0.2, 0) is 0 Å². The predicted molar refractivity (Wildman–Crippen MR) is 86.2 cm³/mol. The van der Waals surface area contributed by atoms with Crippen LogP contribution >= 0.6 is 0 Å². The van der Waals surface area contributed by atoms with E-state index in [-0.39, 0.29) is 0 Å². The molecule has 0 amide bonds. The van der Waals surface area contributed by atoms with E-state index in [9.17, 15) is 5.21 Å². The summed E-state index contributed by atoms with van der Waals surface area (Å²) in [4.78, 5) is 0. The Bertz CT molecular complexity index is 826. The van der Waals surface area contributed by atoms with Gasteiger partial charge in [-0.15, -0.1) is 0 Å². The lowest BCUT2D eigenvalue weighted by Crippen LogP contribution is -2.30. The van der Waals surface area contributed by atoms with Gasteiger partial charge in [-0.25, -0.2) is 0 Å². The lowest BCUT2D eigenvalue weighted by atomic mass is 10.1. The number of aryl methyl sites for hydroxylation is 1. The van der Waals surface area contributed by atoms with Crippen molar-refractivity contribution >= 4 is 10.9 Å². The second kappa shape index (κ2) is 5.56. The number of hydrogen-bond acceptors (Lipinski definition) is 3. The fourth-order valence-corrected chi connectivity index (χ4v) is 2.60. The summed E-state index contributed by atoms with van der Waals surface area (Å²) < 4.78 is 11.4. The van der Waals surface area contributed by atoms with E-state index in [2.05, 4.69) is 0 Å². The lowest BCUT2D eigenvalue weighted by molar-refractivity contribution is -0.565. The van der Waals surface area contributed by atoms with Crippen molar-refractivity contribution < 1.29 is 14.2 Å². The molecule has 0 saturated heterocycles. The van der Waals surface area contributed by atoms with Crippen LogP contribution in [0.2, 0.25) is 0 Å². The number of methoxy groups -OCH3 is 2. The molecule has 0 N–H and O–H groups in total. The molecule has 1 heterocycles. The number of nitrogens with zero attached hydrogens (tertiary/aromatic N) is 1. The number of rotatable bonds is 3. The van der Waals surface area contributed by atoms with Gasteiger partial charge in [0.15, 0.2) is 5.75 Å². The summed E-state index contributed by atoms with van der Waals surface area (Å²) >= 11 is 0. The van der Waals surface area contributed by atoms with E-state index in [0.29, 0.717) is 17.0 Å². The fourth-order valence-electron chi connectivity index (χ4n) is 2.60. The number of benzene rings is 2. The summed E-state index contributed by atoms with van der Waals surface area (Å²) in [6.07, 6.45) is 0. The molecule has 22 heavy (non-hydrogen) atoms. The third-order valence-corrected chi connectivity index (χ3v) is 3.83. The van der Waals surface area contributed by atoms with Crippen LogP contribution in [0.25, 0.3) is 22.2 Å². The van der Waals surface area contributed by atoms with Crippen LogP contribution in [0.15, 0.2) is 48.5 Å². The largest absolute Gasteiger partial charge is 0.618 e. The van der Waals surface area contributed by atoms with Crippen molar-refractivity contribution in [2.45, 2.75) is 6.92 Å². The quantitative estimate of drug-likeness (QED) is 0.549. The molecule has 3 rings (SSSR count). The van der Waals surface area contributed by atoms with Gasteiger partial charge < -0.3 is 14.7 Å². The minimum absolute atomic E-state index is 0.552. The van der Waals surface area contributed by atoms with Crippen molar-refractivity contribution in [3.8, 4) is 22.8 Å². The van der Waals surface area contributed by atoms with Gasteiger partial charge in [0.2, 0.25) is 5.69 Å². The maximum Gasteiger partial charge on any atom is 0.266 e. The van der Waals surface area contributed by atoms with Crippen molar-refractivity contribution in [3.05, 3.63) is 59.3 Å². The summed E-state index contributed by atoms with van der Waals surface area (Å²) in [7, 11) is 3.19. The van der Waals surface area contributed by atoms with Crippen LogP contribution in [-0.4, -0.2) is 14.2 Å². The van der Waals surface area contributed by atoms with E-state index >= 15 is 0 Å². The zero-order chi connectivity index (χ0) is 15.7. The standard InChI is InChI=1S/C18H17NO3/c1-12-4-11-17(22-3)18-15(12)9-10-16(19(18)20)13-5-7-14(21-2)8-6-13/h4-11H,1-3H3. The molecule has 0 radical (unpaired) electrons. The Kier molecular flexibility index (Phi) is 3.59. The Balaban J connectivity index is 2.25.